The summed E-state index contributed by atoms with van der Waals surface area (Å²) in [5.74, 6) is 0.888. The number of fused-ring (bicyclic) bond motifs is 2. The zero-order valence-corrected chi connectivity index (χ0v) is 17.5. The zero-order valence-electron chi connectivity index (χ0n) is 17.5. The Morgan fingerprint density at radius 1 is 1.16 bits per heavy atom. The minimum absolute atomic E-state index is 0.0777. The number of hydrogen-bond acceptors (Lipinski definition) is 5. The van der Waals surface area contributed by atoms with Crippen LogP contribution in [0.25, 0.3) is 10.9 Å². The molecule has 158 valence electrons. The van der Waals surface area contributed by atoms with Gasteiger partial charge in [0.25, 0.3) is 0 Å². The molecule has 1 aliphatic rings. The maximum absolute atomic E-state index is 9.30. The van der Waals surface area contributed by atoms with Gasteiger partial charge in [0.2, 0.25) is 0 Å². The van der Waals surface area contributed by atoms with E-state index in [1.807, 2.05) is 18.2 Å². The number of aromatic amines is 1. The number of ether oxygens (including phenoxy) is 1. The third-order valence-corrected chi connectivity index (χ3v) is 5.70. The van der Waals surface area contributed by atoms with Crippen molar-refractivity contribution in [2.24, 2.45) is 0 Å². The minimum atomic E-state index is -0.0777. The standard InChI is InChI=1S/C25H26N4O2/c1-17-15-29(11-9-18-14-27-23-5-3-2-4-22(18)23)24-7-6-19(13-25(24)31-17)28-20-8-10-26-21(12-20)16-30/h2-8,10,12-14,17,27,30H,9,11,15-16H2,1H3,(H,26,28). The Kier molecular flexibility index (Phi) is 5.22. The first-order valence-electron chi connectivity index (χ1n) is 10.6. The maximum atomic E-state index is 9.30. The van der Waals surface area contributed by atoms with Gasteiger partial charge in [-0.05, 0) is 49.2 Å². The molecule has 6 heteroatoms. The Morgan fingerprint density at radius 2 is 2.03 bits per heavy atom. The number of aliphatic hydroxyl groups excluding tert-OH is 1. The van der Waals surface area contributed by atoms with Crippen LogP contribution in [0.3, 0.4) is 0 Å². The van der Waals surface area contributed by atoms with E-state index in [0.29, 0.717) is 5.69 Å². The number of hydrogen-bond donors (Lipinski definition) is 3. The molecule has 1 aliphatic heterocycles. The van der Waals surface area contributed by atoms with Crippen molar-refractivity contribution in [2.75, 3.05) is 23.3 Å². The van der Waals surface area contributed by atoms with Gasteiger partial charge >= 0.3 is 0 Å². The summed E-state index contributed by atoms with van der Waals surface area (Å²) in [4.78, 5) is 9.91. The molecule has 0 saturated heterocycles. The molecular weight excluding hydrogens is 388 g/mol. The van der Waals surface area contributed by atoms with Crippen LogP contribution < -0.4 is 15.0 Å². The normalized spacial score (nSPS) is 15.5. The van der Waals surface area contributed by atoms with E-state index in [2.05, 4.69) is 69.7 Å². The lowest BCUT2D eigenvalue weighted by Crippen LogP contribution is -2.39. The first-order chi connectivity index (χ1) is 15.2. The summed E-state index contributed by atoms with van der Waals surface area (Å²) in [6, 6.07) is 18.4. The summed E-state index contributed by atoms with van der Waals surface area (Å²) >= 11 is 0. The van der Waals surface area contributed by atoms with Gasteiger partial charge < -0.3 is 25.0 Å². The van der Waals surface area contributed by atoms with E-state index in [1.54, 1.807) is 6.20 Å². The first kappa shape index (κ1) is 19.5. The second-order valence-electron chi connectivity index (χ2n) is 7.99. The van der Waals surface area contributed by atoms with E-state index in [9.17, 15) is 5.11 Å². The van der Waals surface area contributed by atoms with Crippen LogP contribution in [0.15, 0.2) is 67.0 Å². The van der Waals surface area contributed by atoms with Gasteiger partial charge in [0, 0.05) is 47.3 Å². The molecule has 4 aromatic rings. The number of nitrogens with zero attached hydrogens (tertiary/aromatic N) is 2. The van der Waals surface area contributed by atoms with Crippen molar-refractivity contribution in [3.63, 3.8) is 0 Å². The van der Waals surface area contributed by atoms with Crippen molar-refractivity contribution in [3.05, 3.63) is 78.2 Å². The fraction of sp³-hybridized carbons (Fsp3) is 0.240. The molecule has 2 aromatic carbocycles. The van der Waals surface area contributed by atoms with E-state index >= 15 is 0 Å². The lowest BCUT2D eigenvalue weighted by Gasteiger charge is -2.35. The minimum Gasteiger partial charge on any atom is -0.487 e. The van der Waals surface area contributed by atoms with Crippen LogP contribution in [0.1, 0.15) is 18.2 Å². The zero-order chi connectivity index (χ0) is 21.2. The number of para-hydroxylation sites is 1. The smallest absolute Gasteiger partial charge is 0.145 e. The molecule has 0 radical (unpaired) electrons. The van der Waals surface area contributed by atoms with Gasteiger partial charge in [0.15, 0.2) is 0 Å². The van der Waals surface area contributed by atoms with Gasteiger partial charge in [-0.3, -0.25) is 4.98 Å². The van der Waals surface area contributed by atoms with Crippen LogP contribution in [-0.4, -0.2) is 34.3 Å². The molecule has 0 spiro atoms. The number of rotatable bonds is 6. The van der Waals surface area contributed by atoms with Gasteiger partial charge in [0.1, 0.15) is 11.9 Å². The highest BCUT2D eigenvalue weighted by atomic mass is 16.5. The largest absolute Gasteiger partial charge is 0.487 e. The number of pyridine rings is 1. The molecular formula is C25H26N4O2. The van der Waals surface area contributed by atoms with Gasteiger partial charge in [0.05, 0.1) is 24.5 Å². The number of nitrogens with one attached hydrogen (secondary N) is 2. The lowest BCUT2D eigenvalue weighted by molar-refractivity contribution is 0.213. The molecule has 31 heavy (non-hydrogen) atoms. The third kappa shape index (κ3) is 4.07. The summed E-state index contributed by atoms with van der Waals surface area (Å²) < 4.78 is 6.15. The van der Waals surface area contributed by atoms with Crippen LogP contribution in [-0.2, 0) is 13.0 Å². The van der Waals surface area contributed by atoms with Gasteiger partial charge in [-0.2, -0.15) is 0 Å². The maximum Gasteiger partial charge on any atom is 0.145 e. The molecule has 0 aliphatic carbocycles. The molecule has 0 fully saturated rings. The molecule has 2 aromatic heterocycles. The predicted molar refractivity (Wildman–Crippen MR) is 124 cm³/mol. The van der Waals surface area contributed by atoms with Gasteiger partial charge in [-0.25, -0.2) is 0 Å². The van der Waals surface area contributed by atoms with E-state index < -0.39 is 0 Å². The van der Waals surface area contributed by atoms with E-state index in [1.165, 1.54) is 16.5 Å². The van der Waals surface area contributed by atoms with Crippen LogP contribution in [0.4, 0.5) is 17.1 Å². The van der Waals surface area contributed by atoms with Crippen LogP contribution in [0, 0.1) is 0 Å². The molecule has 3 heterocycles. The van der Waals surface area contributed by atoms with Crippen LogP contribution >= 0.6 is 0 Å². The second-order valence-corrected chi connectivity index (χ2v) is 7.99. The number of aliphatic hydroxyl groups is 1. The second kappa shape index (κ2) is 8.32. The van der Waals surface area contributed by atoms with Crippen molar-refractivity contribution in [2.45, 2.75) is 26.1 Å². The highest BCUT2D eigenvalue weighted by Gasteiger charge is 2.23. The number of aromatic nitrogens is 2. The average Bonchev–Trinajstić information content (AvgIpc) is 3.20. The highest BCUT2D eigenvalue weighted by molar-refractivity contribution is 5.83. The fourth-order valence-electron chi connectivity index (χ4n) is 4.22. The van der Waals surface area contributed by atoms with Crippen molar-refractivity contribution in [3.8, 4) is 5.75 Å². The van der Waals surface area contributed by atoms with Crippen molar-refractivity contribution in [1.29, 1.82) is 0 Å². The SMILES string of the molecule is CC1CN(CCc2c[nH]c3ccccc23)c2ccc(Nc3ccnc(CO)c3)cc2O1. The summed E-state index contributed by atoms with van der Waals surface area (Å²) in [6.07, 6.45) is 4.90. The van der Waals surface area contributed by atoms with Crippen LogP contribution in [0.5, 0.6) is 5.75 Å². The summed E-state index contributed by atoms with van der Waals surface area (Å²) in [5.41, 5.74) is 6.11. The average molecular weight is 415 g/mol. The van der Waals surface area contributed by atoms with E-state index in [4.69, 9.17) is 4.74 Å². The van der Waals surface area contributed by atoms with Crippen molar-refractivity contribution < 1.29 is 9.84 Å². The first-order valence-corrected chi connectivity index (χ1v) is 10.6. The molecule has 1 unspecified atom stereocenters. The molecule has 6 nitrogen and oxygen atoms in total. The quantitative estimate of drug-likeness (QED) is 0.429. The van der Waals surface area contributed by atoms with E-state index in [0.717, 1.165) is 42.3 Å². The number of anilines is 3. The molecule has 0 amide bonds. The Balaban J connectivity index is 1.34. The number of H-pyrrole nitrogens is 1. The molecule has 5 rings (SSSR count). The number of benzene rings is 2. The lowest BCUT2D eigenvalue weighted by atomic mass is 10.1. The van der Waals surface area contributed by atoms with Crippen LogP contribution in [0.2, 0.25) is 0 Å². The summed E-state index contributed by atoms with van der Waals surface area (Å²) in [7, 11) is 0. The Hall–Kier alpha value is -3.51. The Morgan fingerprint density at radius 3 is 2.94 bits per heavy atom. The van der Waals surface area contributed by atoms with Crippen molar-refractivity contribution >= 4 is 28.0 Å². The van der Waals surface area contributed by atoms with E-state index in [-0.39, 0.29) is 12.7 Å². The predicted octanol–water partition coefficient (Wildman–Crippen LogP) is 4.63. The van der Waals surface area contributed by atoms with Crippen molar-refractivity contribution in [1.82, 2.24) is 9.97 Å². The fourth-order valence-corrected chi connectivity index (χ4v) is 4.22. The molecule has 0 bridgehead atoms. The Bertz CT molecular complexity index is 1200. The topological polar surface area (TPSA) is 73.4 Å². The summed E-state index contributed by atoms with van der Waals surface area (Å²) in [6.45, 7) is 3.83. The molecule has 3 N–H and O–H groups in total. The van der Waals surface area contributed by atoms with Gasteiger partial charge in [-0.15, -0.1) is 0 Å². The Labute approximate surface area is 181 Å². The summed E-state index contributed by atoms with van der Waals surface area (Å²) in [5, 5.41) is 14.0. The monoisotopic (exact) mass is 414 g/mol. The molecule has 1 atom stereocenters. The van der Waals surface area contributed by atoms with Gasteiger partial charge in [-0.1, -0.05) is 18.2 Å². The molecule has 0 saturated carbocycles. The third-order valence-electron chi connectivity index (χ3n) is 5.70. The highest BCUT2D eigenvalue weighted by Crippen LogP contribution is 2.36.